The SMILES string of the molecule is C=[C]c1cccc(OC(F)(F)F)c1C1CC1. The predicted octanol–water partition coefficient (Wildman–Crippen LogP) is 3.80. The fourth-order valence-electron chi connectivity index (χ4n) is 1.70. The van der Waals surface area contributed by atoms with E-state index >= 15 is 0 Å². The first-order valence-corrected chi connectivity index (χ1v) is 4.93. The fourth-order valence-corrected chi connectivity index (χ4v) is 1.70. The minimum atomic E-state index is -4.65. The summed E-state index contributed by atoms with van der Waals surface area (Å²) in [4.78, 5) is 0. The van der Waals surface area contributed by atoms with Crippen LogP contribution in [-0.4, -0.2) is 6.36 Å². The molecule has 1 nitrogen and oxygen atoms in total. The van der Waals surface area contributed by atoms with Crippen molar-refractivity contribution in [2.45, 2.75) is 25.1 Å². The summed E-state index contributed by atoms with van der Waals surface area (Å²) in [7, 11) is 0. The van der Waals surface area contributed by atoms with E-state index < -0.39 is 6.36 Å². The Morgan fingerprint density at radius 1 is 1.31 bits per heavy atom. The molecule has 0 N–H and O–H groups in total. The molecule has 0 aromatic heterocycles. The molecule has 0 amide bonds. The molecule has 1 radical (unpaired) electrons. The molecule has 1 saturated carbocycles. The quantitative estimate of drug-likeness (QED) is 0.763. The third kappa shape index (κ3) is 2.38. The molecule has 1 aromatic carbocycles. The van der Waals surface area contributed by atoms with Gasteiger partial charge in [-0.25, -0.2) is 0 Å². The van der Waals surface area contributed by atoms with Crippen molar-refractivity contribution < 1.29 is 17.9 Å². The fraction of sp³-hybridized carbons (Fsp3) is 0.333. The van der Waals surface area contributed by atoms with Gasteiger partial charge in [0.1, 0.15) is 5.75 Å². The monoisotopic (exact) mass is 227 g/mol. The van der Waals surface area contributed by atoms with Crippen molar-refractivity contribution in [1.29, 1.82) is 0 Å². The molecule has 4 heteroatoms. The van der Waals surface area contributed by atoms with Gasteiger partial charge in [0, 0.05) is 5.56 Å². The van der Waals surface area contributed by atoms with Gasteiger partial charge in [-0.3, -0.25) is 0 Å². The summed E-state index contributed by atoms with van der Waals surface area (Å²) in [5.74, 6) is 0.0338. The van der Waals surface area contributed by atoms with E-state index in [-0.39, 0.29) is 11.7 Å². The summed E-state index contributed by atoms with van der Waals surface area (Å²) >= 11 is 0. The van der Waals surface area contributed by atoms with Crippen LogP contribution >= 0.6 is 0 Å². The first-order valence-electron chi connectivity index (χ1n) is 4.93. The van der Waals surface area contributed by atoms with Gasteiger partial charge >= 0.3 is 6.36 Å². The van der Waals surface area contributed by atoms with Gasteiger partial charge in [0.2, 0.25) is 0 Å². The standard InChI is InChI=1S/C12H10F3O/c1-2-8-4-3-5-10(16-12(13,14)15)11(8)9-6-7-9/h3-5,9H,1,6-7H2. The van der Waals surface area contributed by atoms with Gasteiger partial charge in [-0.05, 0) is 36.5 Å². The molecule has 1 aliphatic carbocycles. The van der Waals surface area contributed by atoms with Crippen molar-refractivity contribution >= 4 is 0 Å². The molecule has 0 aliphatic heterocycles. The van der Waals surface area contributed by atoms with Crippen molar-refractivity contribution in [3.63, 3.8) is 0 Å². The van der Waals surface area contributed by atoms with Crippen LogP contribution in [0.3, 0.4) is 0 Å². The van der Waals surface area contributed by atoms with E-state index in [0.29, 0.717) is 11.1 Å². The van der Waals surface area contributed by atoms with Crippen molar-refractivity contribution in [3.8, 4) is 5.75 Å². The third-order valence-corrected chi connectivity index (χ3v) is 2.47. The Balaban J connectivity index is 2.39. The first-order chi connectivity index (χ1) is 7.51. The van der Waals surface area contributed by atoms with Crippen LogP contribution in [0.25, 0.3) is 0 Å². The smallest absolute Gasteiger partial charge is 0.405 e. The van der Waals surface area contributed by atoms with Crippen LogP contribution in [0.15, 0.2) is 24.8 Å². The van der Waals surface area contributed by atoms with E-state index in [1.807, 2.05) is 0 Å². The number of hydrogen-bond acceptors (Lipinski definition) is 1. The molecule has 1 aromatic rings. The highest BCUT2D eigenvalue weighted by atomic mass is 19.4. The highest BCUT2D eigenvalue weighted by Gasteiger charge is 2.35. The molecule has 1 aliphatic rings. The Morgan fingerprint density at radius 2 is 2.00 bits per heavy atom. The highest BCUT2D eigenvalue weighted by Crippen LogP contribution is 2.46. The van der Waals surface area contributed by atoms with Crippen molar-refractivity contribution in [3.05, 3.63) is 42.0 Å². The molecule has 0 atom stereocenters. The minimum absolute atomic E-state index is 0.122. The van der Waals surface area contributed by atoms with Gasteiger partial charge in [-0.15, -0.1) is 13.2 Å². The van der Waals surface area contributed by atoms with Gasteiger partial charge in [-0.2, -0.15) is 0 Å². The molecule has 0 unspecified atom stereocenters. The van der Waals surface area contributed by atoms with Crippen molar-refractivity contribution in [2.24, 2.45) is 0 Å². The van der Waals surface area contributed by atoms with Crippen molar-refractivity contribution in [1.82, 2.24) is 0 Å². The van der Waals surface area contributed by atoms with Gasteiger partial charge in [-0.1, -0.05) is 18.7 Å². The normalized spacial score (nSPS) is 15.9. The Morgan fingerprint density at radius 3 is 2.50 bits per heavy atom. The van der Waals surface area contributed by atoms with Crippen LogP contribution in [0.4, 0.5) is 13.2 Å². The zero-order valence-corrected chi connectivity index (χ0v) is 8.47. The van der Waals surface area contributed by atoms with Crippen LogP contribution < -0.4 is 4.74 Å². The van der Waals surface area contributed by atoms with Crippen LogP contribution in [0.1, 0.15) is 29.9 Å². The summed E-state index contributed by atoms with van der Waals surface area (Å²) < 4.78 is 40.6. The molecule has 85 valence electrons. The van der Waals surface area contributed by atoms with E-state index in [0.717, 1.165) is 12.8 Å². The largest absolute Gasteiger partial charge is 0.573 e. The molecular weight excluding hydrogens is 217 g/mol. The third-order valence-electron chi connectivity index (χ3n) is 2.47. The number of halogens is 3. The summed E-state index contributed by atoms with van der Waals surface area (Å²) in [6, 6.07) is 4.55. The second-order valence-electron chi connectivity index (χ2n) is 3.72. The summed E-state index contributed by atoms with van der Waals surface area (Å²) in [5, 5.41) is 0. The number of ether oxygens (including phenoxy) is 1. The van der Waals surface area contributed by atoms with Gasteiger partial charge in [0.15, 0.2) is 0 Å². The zero-order chi connectivity index (χ0) is 11.8. The molecule has 1 fully saturated rings. The molecule has 0 spiro atoms. The lowest BCUT2D eigenvalue weighted by molar-refractivity contribution is -0.274. The first kappa shape index (κ1) is 11.0. The predicted molar refractivity (Wildman–Crippen MR) is 53.1 cm³/mol. The highest BCUT2D eigenvalue weighted by molar-refractivity contribution is 5.47. The molecule has 16 heavy (non-hydrogen) atoms. The number of benzene rings is 1. The van der Waals surface area contributed by atoms with E-state index in [9.17, 15) is 13.2 Å². The Kier molecular flexibility index (Phi) is 2.66. The maximum atomic E-state index is 12.2. The van der Waals surface area contributed by atoms with Crippen LogP contribution in [0, 0.1) is 6.08 Å². The van der Waals surface area contributed by atoms with Crippen LogP contribution in [0.2, 0.25) is 0 Å². The van der Waals surface area contributed by atoms with E-state index in [1.165, 1.54) is 12.1 Å². The minimum Gasteiger partial charge on any atom is -0.405 e. The van der Waals surface area contributed by atoms with Gasteiger partial charge < -0.3 is 4.74 Å². The topological polar surface area (TPSA) is 9.23 Å². The molecule has 2 rings (SSSR count). The lowest BCUT2D eigenvalue weighted by atomic mass is 10.0. The lowest BCUT2D eigenvalue weighted by Crippen LogP contribution is -2.18. The molecule has 0 heterocycles. The van der Waals surface area contributed by atoms with Crippen LogP contribution in [0.5, 0.6) is 5.75 Å². The number of rotatable bonds is 3. The average Bonchev–Trinajstić information content (AvgIpc) is 2.98. The summed E-state index contributed by atoms with van der Waals surface area (Å²) in [6.07, 6.45) is -0.212. The lowest BCUT2D eigenvalue weighted by Gasteiger charge is -2.14. The molecule has 0 bridgehead atoms. The average molecular weight is 227 g/mol. The van der Waals surface area contributed by atoms with Gasteiger partial charge in [0.05, 0.1) is 0 Å². The summed E-state index contributed by atoms with van der Waals surface area (Å²) in [6.45, 7) is 3.48. The Labute approximate surface area is 91.5 Å². The maximum absolute atomic E-state index is 12.2. The second-order valence-corrected chi connectivity index (χ2v) is 3.72. The second kappa shape index (κ2) is 3.85. The number of alkyl halides is 3. The zero-order valence-electron chi connectivity index (χ0n) is 8.47. The Bertz CT molecular complexity index is 405. The number of hydrogen-bond donors (Lipinski definition) is 0. The van der Waals surface area contributed by atoms with E-state index in [4.69, 9.17) is 0 Å². The Hall–Kier alpha value is -1.45. The van der Waals surface area contributed by atoms with Crippen molar-refractivity contribution in [2.75, 3.05) is 0 Å². The van der Waals surface area contributed by atoms with E-state index in [1.54, 1.807) is 6.07 Å². The molecular formula is C12H10F3O. The van der Waals surface area contributed by atoms with Crippen LogP contribution in [-0.2, 0) is 0 Å². The van der Waals surface area contributed by atoms with E-state index in [2.05, 4.69) is 17.4 Å². The maximum Gasteiger partial charge on any atom is 0.573 e. The molecule has 0 saturated heterocycles. The summed E-state index contributed by atoms with van der Waals surface area (Å²) in [5.41, 5.74) is 1.18. The van der Waals surface area contributed by atoms with Gasteiger partial charge in [0.25, 0.3) is 0 Å².